The fourth-order valence-corrected chi connectivity index (χ4v) is 4.34. The molecule has 2 saturated carbocycles. The van der Waals surface area contributed by atoms with Gasteiger partial charge in [-0.15, -0.1) is 0 Å². The Labute approximate surface area is 148 Å². The first-order valence-corrected chi connectivity index (χ1v) is 9.42. The lowest BCUT2D eigenvalue weighted by molar-refractivity contribution is -0.137. The molecule has 3 aliphatic rings. The maximum atomic E-state index is 10.4. The largest absolute Gasteiger partial charge is 0.481 e. The highest BCUT2D eigenvalue weighted by atomic mass is 16.6. The number of hydrogen-bond donors (Lipinski definition) is 4. The van der Waals surface area contributed by atoms with Crippen LogP contribution in [0, 0.1) is 17.8 Å². The van der Waals surface area contributed by atoms with Crippen LogP contribution < -0.4 is 5.48 Å². The summed E-state index contributed by atoms with van der Waals surface area (Å²) < 4.78 is 0. The average molecular weight is 351 g/mol. The van der Waals surface area contributed by atoms with Crippen molar-refractivity contribution in [2.24, 2.45) is 17.8 Å². The number of nitrogens with one attached hydrogen (secondary N) is 1. The van der Waals surface area contributed by atoms with Crippen LogP contribution in [0.4, 0.5) is 0 Å². The van der Waals surface area contributed by atoms with Crippen molar-refractivity contribution in [2.45, 2.75) is 63.6 Å². The van der Waals surface area contributed by atoms with Crippen LogP contribution in [0.3, 0.4) is 0 Å². The van der Waals surface area contributed by atoms with Gasteiger partial charge < -0.3 is 15.3 Å². The molecular weight excluding hydrogens is 322 g/mol. The summed E-state index contributed by atoms with van der Waals surface area (Å²) in [6.45, 7) is 0.354. The van der Waals surface area contributed by atoms with Crippen LogP contribution in [-0.4, -0.2) is 40.1 Å². The van der Waals surface area contributed by atoms with Crippen LogP contribution in [0.15, 0.2) is 23.4 Å². The zero-order valence-corrected chi connectivity index (χ0v) is 14.6. The van der Waals surface area contributed by atoms with Gasteiger partial charge in [0.1, 0.15) is 0 Å². The van der Waals surface area contributed by atoms with E-state index in [0.29, 0.717) is 31.3 Å². The Bertz CT molecular complexity index is 538. The molecule has 4 N–H and O–H groups in total. The molecule has 3 aliphatic carbocycles. The van der Waals surface area contributed by atoms with E-state index < -0.39 is 18.2 Å². The average Bonchev–Trinajstić information content (AvgIpc) is 3.17. The van der Waals surface area contributed by atoms with E-state index in [2.05, 4.69) is 5.48 Å². The van der Waals surface area contributed by atoms with E-state index in [4.69, 9.17) is 9.94 Å². The van der Waals surface area contributed by atoms with Crippen LogP contribution in [0.5, 0.6) is 0 Å². The van der Waals surface area contributed by atoms with Gasteiger partial charge in [-0.05, 0) is 49.5 Å². The first-order valence-electron chi connectivity index (χ1n) is 9.42. The van der Waals surface area contributed by atoms with Gasteiger partial charge in [0.15, 0.2) is 0 Å². The van der Waals surface area contributed by atoms with Gasteiger partial charge in [0.25, 0.3) is 0 Å². The predicted octanol–water partition coefficient (Wildman–Crippen LogP) is 2.13. The van der Waals surface area contributed by atoms with Crippen LogP contribution in [0.2, 0.25) is 0 Å². The van der Waals surface area contributed by atoms with Crippen LogP contribution in [0.25, 0.3) is 0 Å². The number of carboxylic acids is 1. The number of rotatable bonds is 9. The molecule has 6 nitrogen and oxygen atoms in total. The Kier molecular flexibility index (Phi) is 6.15. The van der Waals surface area contributed by atoms with Crippen molar-refractivity contribution in [1.82, 2.24) is 5.48 Å². The summed E-state index contributed by atoms with van der Waals surface area (Å²) in [7, 11) is 0. The van der Waals surface area contributed by atoms with Crippen molar-refractivity contribution in [3.05, 3.63) is 23.4 Å². The summed E-state index contributed by atoms with van der Waals surface area (Å²) in [6, 6.07) is 0. The molecule has 3 rings (SSSR count). The molecule has 0 heterocycles. The number of aliphatic carboxylic acids is 1. The SMILES string of the molecule is O=C(O)CCCONC1=C2CC(O)C(C=CC(O)C3CCCC3)[C@@H]2C1. The van der Waals surface area contributed by atoms with Crippen molar-refractivity contribution < 1.29 is 25.0 Å². The van der Waals surface area contributed by atoms with Gasteiger partial charge in [0.2, 0.25) is 0 Å². The Morgan fingerprint density at radius 2 is 2.08 bits per heavy atom. The van der Waals surface area contributed by atoms with Crippen LogP contribution >= 0.6 is 0 Å². The quantitative estimate of drug-likeness (QED) is 0.289. The monoisotopic (exact) mass is 351 g/mol. The fourth-order valence-electron chi connectivity index (χ4n) is 4.34. The van der Waals surface area contributed by atoms with Gasteiger partial charge in [0.05, 0.1) is 18.8 Å². The Hall–Kier alpha value is -1.37. The smallest absolute Gasteiger partial charge is 0.303 e. The normalized spacial score (nSPS) is 30.6. The molecular formula is C19H29NO5. The van der Waals surface area contributed by atoms with Crippen molar-refractivity contribution in [3.8, 4) is 0 Å². The molecule has 0 radical (unpaired) electrons. The summed E-state index contributed by atoms with van der Waals surface area (Å²) in [5, 5.41) is 29.2. The van der Waals surface area contributed by atoms with Crippen molar-refractivity contribution in [3.63, 3.8) is 0 Å². The molecule has 0 aromatic carbocycles. The second-order valence-corrected chi connectivity index (χ2v) is 7.53. The molecule has 3 unspecified atom stereocenters. The minimum absolute atomic E-state index is 0.0728. The number of fused-ring (bicyclic) bond motifs is 1. The van der Waals surface area contributed by atoms with Crippen LogP contribution in [0.1, 0.15) is 51.4 Å². The van der Waals surface area contributed by atoms with Gasteiger partial charge in [-0.3, -0.25) is 15.1 Å². The molecule has 4 atom stereocenters. The second-order valence-electron chi connectivity index (χ2n) is 7.53. The van der Waals surface area contributed by atoms with Gasteiger partial charge >= 0.3 is 5.97 Å². The molecule has 0 aromatic heterocycles. The molecule has 2 fully saturated rings. The zero-order chi connectivity index (χ0) is 17.8. The maximum absolute atomic E-state index is 10.4. The van der Waals surface area contributed by atoms with E-state index in [1.807, 2.05) is 12.2 Å². The summed E-state index contributed by atoms with van der Waals surface area (Å²) in [5.41, 5.74) is 5.14. The highest BCUT2D eigenvalue weighted by molar-refractivity contribution is 5.66. The molecule has 0 bridgehead atoms. The van der Waals surface area contributed by atoms with E-state index >= 15 is 0 Å². The third-order valence-corrected chi connectivity index (χ3v) is 5.84. The predicted molar refractivity (Wildman–Crippen MR) is 92.3 cm³/mol. The molecule has 0 aromatic rings. The lowest BCUT2D eigenvalue weighted by Crippen LogP contribution is -2.30. The highest BCUT2D eigenvalue weighted by Crippen LogP contribution is 2.49. The first-order chi connectivity index (χ1) is 12.1. The molecule has 0 spiro atoms. The van der Waals surface area contributed by atoms with Crippen molar-refractivity contribution in [1.29, 1.82) is 0 Å². The third-order valence-electron chi connectivity index (χ3n) is 5.84. The van der Waals surface area contributed by atoms with E-state index in [0.717, 1.165) is 25.0 Å². The standard InChI is InChI=1S/C19H29NO5/c21-17(12-4-1-2-5-12)8-7-13-14-10-16(15(14)11-18(13)22)20-25-9-3-6-19(23)24/h7-8,12-14,17-18,20-22H,1-6,9-11H2,(H,23,24)/t13?,14-,17?,18?/m0/s1. The van der Waals surface area contributed by atoms with E-state index in [1.54, 1.807) is 0 Å². The number of aliphatic hydroxyl groups is 2. The maximum Gasteiger partial charge on any atom is 0.303 e. The summed E-state index contributed by atoms with van der Waals surface area (Å²) in [4.78, 5) is 15.8. The van der Waals surface area contributed by atoms with Crippen molar-refractivity contribution >= 4 is 5.97 Å². The van der Waals surface area contributed by atoms with Gasteiger partial charge in [0, 0.05) is 18.0 Å². The summed E-state index contributed by atoms with van der Waals surface area (Å²) in [6.07, 6.45) is 9.76. The molecule has 0 amide bonds. The minimum atomic E-state index is -0.817. The number of carbonyl (C=O) groups is 1. The number of carboxylic acid groups (broad SMARTS) is 1. The van der Waals surface area contributed by atoms with Gasteiger partial charge in [-0.25, -0.2) is 0 Å². The Morgan fingerprint density at radius 1 is 1.32 bits per heavy atom. The number of hydroxylamine groups is 1. The zero-order valence-electron chi connectivity index (χ0n) is 14.6. The number of hydrogen-bond acceptors (Lipinski definition) is 5. The van der Waals surface area contributed by atoms with Gasteiger partial charge in [-0.1, -0.05) is 25.0 Å². The Morgan fingerprint density at radius 3 is 2.80 bits per heavy atom. The van der Waals surface area contributed by atoms with E-state index in [-0.39, 0.29) is 12.3 Å². The first kappa shape index (κ1) is 18.4. The minimum Gasteiger partial charge on any atom is -0.481 e. The highest BCUT2D eigenvalue weighted by Gasteiger charge is 2.45. The molecule has 0 aliphatic heterocycles. The van der Waals surface area contributed by atoms with Crippen LogP contribution in [-0.2, 0) is 9.63 Å². The van der Waals surface area contributed by atoms with Crippen molar-refractivity contribution in [2.75, 3.05) is 6.61 Å². The number of allylic oxidation sites excluding steroid dienone is 1. The van der Waals surface area contributed by atoms with E-state index in [9.17, 15) is 15.0 Å². The lowest BCUT2D eigenvalue weighted by atomic mass is 9.78. The fraction of sp³-hybridized carbons (Fsp3) is 0.737. The molecule has 0 saturated heterocycles. The molecule has 140 valence electrons. The third kappa shape index (κ3) is 4.43. The topological polar surface area (TPSA) is 99.0 Å². The number of aliphatic hydroxyl groups excluding tert-OH is 2. The second kappa shape index (κ2) is 8.34. The van der Waals surface area contributed by atoms with Gasteiger partial charge in [-0.2, -0.15) is 0 Å². The molecule has 25 heavy (non-hydrogen) atoms. The molecule has 6 heteroatoms. The summed E-state index contributed by atoms with van der Waals surface area (Å²) in [5.74, 6) is -0.0407. The summed E-state index contributed by atoms with van der Waals surface area (Å²) >= 11 is 0. The lowest BCUT2D eigenvalue weighted by Gasteiger charge is -2.31. The van der Waals surface area contributed by atoms with E-state index in [1.165, 1.54) is 18.4 Å². The Balaban J connectivity index is 1.46.